The molecule has 4 rings (SSSR count). The fourth-order valence-electron chi connectivity index (χ4n) is 4.37. The molecule has 0 amide bonds. The predicted octanol–water partition coefficient (Wildman–Crippen LogP) is 2.16. The first kappa shape index (κ1) is 10.7. The van der Waals surface area contributed by atoms with Crippen molar-refractivity contribution in [2.45, 2.75) is 43.2 Å². The summed E-state index contributed by atoms with van der Waals surface area (Å²) in [6.07, 6.45) is 5.36. The molecule has 18 heavy (non-hydrogen) atoms. The SMILES string of the molecule is CN1CC[C@]23CCC[C@H]1[C@@H]2Oc1c(N)cccc13. The number of nitrogen functional groups attached to an aromatic ring is 1. The van der Waals surface area contributed by atoms with Gasteiger partial charge in [-0.05, 0) is 38.9 Å². The van der Waals surface area contributed by atoms with E-state index in [1.54, 1.807) is 0 Å². The van der Waals surface area contributed by atoms with E-state index in [1.807, 2.05) is 6.07 Å². The lowest BCUT2D eigenvalue weighted by Crippen LogP contribution is -2.60. The van der Waals surface area contributed by atoms with E-state index in [1.165, 1.54) is 37.8 Å². The van der Waals surface area contributed by atoms with E-state index >= 15 is 0 Å². The zero-order chi connectivity index (χ0) is 12.3. The van der Waals surface area contributed by atoms with Gasteiger partial charge in [0.2, 0.25) is 0 Å². The molecule has 0 aromatic heterocycles. The molecule has 1 saturated heterocycles. The molecular weight excluding hydrogens is 224 g/mol. The summed E-state index contributed by atoms with van der Waals surface area (Å²) in [4.78, 5) is 2.48. The minimum absolute atomic E-state index is 0.250. The van der Waals surface area contributed by atoms with Gasteiger partial charge >= 0.3 is 0 Å². The molecule has 2 aliphatic heterocycles. The highest BCUT2D eigenvalue weighted by molar-refractivity contribution is 5.62. The number of fused-ring (bicyclic) bond motifs is 1. The van der Waals surface area contributed by atoms with Crippen LogP contribution >= 0.6 is 0 Å². The summed E-state index contributed by atoms with van der Waals surface area (Å²) in [5.41, 5.74) is 8.54. The standard InChI is InChI=1S/C15H20N2O/c1-17-9-8-15-7-3-6-12(17)14(15)18-13-10(15)4-2-5-11(13)16/h2,4-5,12,14H,3,6-9,16H2,1H3/t12-,14-,15-/m0/s1. The number of likely N-dealkylation sites (tertiary alicyclic amines) is 1. The first-order valence-electron chi connectivity index (χ1n) is 6.98. The summed E-state index contributed by atoms with van der Waals surface area (Å²) in [5, 5.41) is 0. The second-order valence-electron chi connectivity index (χ2n) is 6.11. The maximum absolute atomic E-state index is 6.30. The van der Waals surface area contributed by atoms with Crippen molar-refractivity contribution in [1.29, 1.82) is 0 Å². The summed E-state index contributed by atoms with van der Waals surface area (Å²) in [6.45, 7) is 1.18. The van der Waals surface area contributed by atoms with Crippen LogP contribution in [0.3, 0.4) is 0 Å². The summed E-state index contributed by atoms with van der Waals surface area (Å²) < 4.78 is 6.30. The third-order valence-electron chi connectivity index (χ3n) is 5.32. The minimum Gasteiger partial charge on any atom is -0.485 e. The van der Waals surface area contributed by atoms with Crippen LogP contribution in [0.2, 0.25) is 0 Å². The molecule has 96 valence electrons. The smallest absolute Gasteiger partial charge is 0.146 e. The number of anilines is 1. The van der Waals surface area contributed by atoms with Gasteiger partial charge in [0.15, 0.2) is 0 Å². The van der Waals surface area contributed by atoms with Crippen LogP contribution in [-0.2, 0) is 5.41 Å². The van der Waals surface area contributed by atoms with E-state index < -0.39 is 0 Å². The van der Waals surface area contributed by atoms with E-state index in [0.29, 0.717) is 12.1 Å². The first-order chi connectivity index (χ1) is 8.72. The Morgan fingerprint density at radius 3 is 3.17 bits per heavy atom. The minimum atomic E-state index is 0.250. The van der Waals surface area contributed by atoms with Crippen LogP contribution in [0.15, 0.2) is 18.2 Å². The van der Waals surface area contributed by atoms with Crippen molar-refractivity contribution >= 4 is 5.69 Å². The van der Waals surface area contributed by atoms with E-state index in [9.17, 15) is 0 Å². The third-order valence-corrected chi connectivity index (χ3v) is 5.32. The second kappa shape index (κ2) is 3.41. The average Bonchev–Trinajstić information content (AvgIpc) is 2.72. The fourth-order valence-corrected chi connectivity index (χ4v) is 4.37. The van der Waals surface area contributed by atoms with Crippen LogP contribution in [0.4, 0.5) is 5.69 Å². The summed E-state index contributed by atoms with van der Waals surface area (Å²) in [6, 6.07) is 6.84. The Morgan fingerprint density at radius 1 is 1.39 bits per heavy atom. The molecule has 1 aliphatic carbocycles. The normalized spacial score (nSPS) is 37.8. The number of para-hydroxylation sites is 1. The Morgan fingerprint density at radius 2 is 2.28 bits per heavy atom. The molecule has 0 spiro atoms. The van der Waals surface area contributed by atoms with Gasteiger partial charge in [-0.1, -0.05) is 18.6 Å². The van der Waals surface area contributed by atoms with E-state index in [-0.39, 0.29) is 5.41 Å². The Labute approximate surface area is 108 Å². The van der Waals surface area contributed by atoms with Crippen LogP contribution in [0, 0.1) is 0 Å². The lowest BCUT2D eigenvalue weighted by molar-refractivity contribution is -0.0301. The fraction of sp³-hybridized carbons (Fsp3) is 0.600. The Kier molecular flexibility index (Phi) is 2.03. The van der Waals surface area contributed by atoms with Gasteiger partial charge in [-0.15, -0.1) is 0 Å². The molecule has 3 nitrogen and oxygen atoms in total. The van der Waals surface area contributed by atoms with Crippen LogP contribution in [0.5, 0.6) is 5.75 Å². The topological polar surface area (TPSA) is 38.5 Å². The number of ether oxygens (including phenoxy) is 1. The molecule has 2 N–H and O–H groups in total. The van der Waals surface area contributed by atoms with Crippen molar-refractivity contribution in [2.24, 2.45) is 0 Å². The molecule has 1 saturated carbocycles. The quantitative estimate of drug-likeness (QED) is 0.711. The zero-order valence-corrected chi connectivity index (χ0v) is 10.9. The molecule has 3 heteroatoms. The molecule has 2 bridgehead atoms. The van der Waals surface area contributed by atoms with Gasteiger partial charge in [-0.25, -0.2) is 0 Å². The van der Waals surface area contributed by atoms with Crippen molar-refractivity contribution in [3.63, 3.8) is 0 Å². The van der Waals surface area contributed by atoms with Crippen molar-refractivity contribution in [2.75, 3.05) is 19.3 Å². The summed E-state index contributed by atoms with van der Waals surface area (Å²) in [7, 11) is 2.23. The second-order valence-corrected chi connectivity index (χ2v) is 6.11. The molecule has 3 atom stereocenters. The van der Waals surface area contributed by atoms with Gasteiger partial charge in [0.05, 0.1) is 5.69 Å². The van der Waals surface area contributed by atoms with Crippen LogP contribution in [-0.4, -0.2) is 30.6 Å². The first-order valence-corrected chi connectivity index (χ1v) is 6.98. The van der Waals surface area contributed by atoms with Gasteiger partial charge in [0.25, 0.3) is 0 Å². The summed E-state index contributed by atoms with van der Waals surface area (Å²) >= 11 is 0. The van der Waals surface area contributed by atoms with Gasteiger partial charge < -0.3 is 10.5 Å². The molecule has 2 fully saturated rings. The number of piperidine rings is 1. The van der Waals surface area contributed by atoms with Crippen molar-refractivity contribution in [1.82, 2.24) is 4.90 Å². The van der Waals surface area contributed by atoms with Gasteiger partial charge in [-0.2, -0.15) is 0 Å². The largest absolute Gasteiger partial charge is 0.485 e. The average molecular weight is 244 g/mol. The number of likely N-dealkylation sites (N-methyl/N-ethyl adjacent to an activating group) is 1. The molecule has 1 aromatic rings. The van der Waals surface area contributed by atoms with Crippen LogP contribution < -0.4 is 10.5 Å². The molecule has 0 radical (unpaired) electrons. The predicted molar refractivity (Wildman–Crippen MR) is 71.8 cm³/mol. The molecule has 2 heterocycles. The molecular formula is C15H20N2O. The lowest BCUT2D eigenvalue weighted by atomic mass is 9.62. The van der Waals surface area contributed by atoms with E-state index in [4.69, 9.17) is 10.5 Å². The Bertz CT molecular complexity index is 501. The highest BCUT2D eigenvalue weighted by Gasteiger charge is 2.57. The number of hydrogen-bond donors (Lipinski definition) is 1. The number of nitrogens with two attached hydrogens (primary N) is 1. The monoisotopic (exact) mass is 244 g/mol. The number of rotatable bonds is 0. The van der Waals surface area contributed by atoms with E-state index in [2.05, 4.69) is 24.1 Å². The molecule has 0 unspecified atom stereocenters. The van der Waals surface area contributed by atoms with Crippen LogP contribution in [0.1, 0.15) is 31.2 Å². The molecule has 3 aliphatic rings. The maximum atomic E-state index is 6.30. The molecule has 1 aromatic carbocycles. The Balaban J connectivity index is 1.89. The van der Waals surface area contributed by atoms with Gasteiger partial charge in [-0.3, -0.25) is 4.90 Å². The highest BCUT2D eigenvalue weighted by atomic mass is 16.5. The maximum Gasteiger partial charge on any atom is 0.146 e. The van der Waals surface area contributed by atoms with E-state index in [0.717, 1.165) is 11.4 Å². The summed E-state index contributed by atoms with van der Waals surface area (Å²) in [5.74, 6) is 0.977. The van der Waals surface area contributed by atoms with Crippen molar-refractivity contribution in [3.05, 3.63) is 23.8 Å². The number of hydrogen-bond acceptors (Lipinski definition) is 3. The third kappa shape index (κ3) is 1.13. The number of benzene rings is 1. The van der Waals surface area contributed by atoms with Gasteiger partial charge in [0, 0.05) is 17.0 Å². The van der Waals surface area contributed by atoms with Crippen molar-refractivity contribution < 1.29 is 4.74 Å². The number of nitrogens with zero attached hydrogens (tertiary/aromatic N) is 1. The van der Waals surface area contributed by atoms with Crippen LogP contribution in [0.25, 0.3) is 0 Å². The lowest BCUT2D eigenvalue weighted by Gasteiger charge is -2.51. The van der Waals surface area contributed by atoms with Gasteiger partial charge in [0.1, 0.15) is 11.9 Å². The van der Waals surface area contributed by atoms with Crippen molar-refractivity contribution in [3.8, 4) is 5.75 Å². The highest BCUT2D eigenvalue weighted by Crippen LogP contribution is 2.56. The zero-order valence-electron chi connectivity index (χ0n) is 10.9. The Hall–Kier alpha value is -1.22.